The third-order valence-corrected chi connectivity index (χ3v) is 3.59. The highest BCUT2D eigenvalue weighted by atomic mass is 19.3. The van der Waals surface area contributed by atoms with Crippen LogP contribution in [0.15, 0.2) is 41.2 Å². The minimum atomic E-state index is -2.61. The van der Waals surface area contributed by atoms with E-state index in [1.54, 1.807) is 19.1 Å². The smallest absolute Gasteiger partial charge is 0.319 e. The molecule has 3 aromatic rings. The maximum absolute atomic E-state index is 12.8. The molecule has 0 aliphatic rings. The van der Waals surface area contributed by atoms with Crippen LogP contribution >= 0.6 is 0 Å². The summed E-state index contributed by atoms with van der Waals surface area (Å²) in [5.74, 6) is 1.86. The van der Waals surface area contributed by atoms with E-state index in [0.29, 0.717) is 18.3 Å². The quantitative estimate of drug-likeness (QED) is 0.653. The van der Waals surface area contributed by atoms with Gasteiger partial charge in [-0.15, -0.1) is 0 Å². The van der Waals surface area contributed by atoms with E-state index < -0.39 is 6.55 Å². The summed E-state index contributed by atoms with van der Waals surface area (Å²) in [6, 6.07) is 7.27. The Labute approximate surface area is 142 Å². The molecule has 0 saturated carbocycles. The molecule has 0 amide bonds. The molecule has 0 N–H and O–H groups in total. The molecule has 0 radical (unpaired) electrons. The van der Waals surface area contributed by atoms with Gasteiger partial charge in [-0.3, -0.25) is 9.47 Å². The number of aromatic nitrogens is 4. The molecule has 9 heteroatoms. The second-order valence-corrected chi connectivity index (χ2v) is 5.44. The Balaban J connectivity index is 1.65. The summed E-state index contributed by atoms with van der Waals surface area (Å²) in [7, 11) is 3.36. The first kappa shape index (κ1) is 17.0. The van der Waals surface area contributed by atoms with Gasteiger partial charge in [0.05, 0.1) is 20.2 Å². The molecule has 0 unspecified atom stereocenters. The topological polar surface area (TPSA) is 69.2 Å². The average molecular weight is 349 g/mol. The third kappa shape index (κ3) is 4.00. The Morgan fingerprint density at radius 1 is 1.24 bits per heavy atom. The second kappa shape index (κ2) is 7.39. The van der Waals surface area contributed by atoms with Crippen molar-refractivity contribution in [3.05, 3.63) is 48.4 Å². The van der Waals surface area contributed by atoms with Gasteiger partial charge in [0.1, 0.15) is 11.6 Å². The molecule has 7 nitrogen and oxygen atoms in total. The number of hydrogen-bond donors (Lipinski definition) is 0. The standard InChI is InChI=1S/C16H17F2N5O2/c1-22(9-13-19-7-8-23(13)16(17)18)10-14-20-15(21-25-14)11-3-5-12(24-2)6-4-11/h3-8,16H,9-10H2,1-2H3. The number of benzene rings is 1. The van der Waals surface area contributed by atoms with Crippen LogP contribution in [0.3, 0.4) is 0 Å². The highest BCUT2D eigenvalue weighted by Crippen LogP contribution is 2.20. The minimum Gasteiger partial charge on any atom is -0.497 e. The van der Waals surface area contributed by atoms with Crippen LogP contribution in [-0.2, 0) is 13.1 Å². The van der Waals surface area contributed by atoms with Crippen molar-refractivity contribution in [3.63, 3.8) is 0 Å². The van der Waals surface area contributed by atoms with Crippen molar-refractivity contribution < 1.29 is 18.0 Å². The van der Waals surface area contributed by atoms with Crippen molar-refractivity contribution >= 4 is 0 Å². The highest BCUT2D eigenvalue weighted by molar-refractivity contribution is 5.55. The predicted molar refractivity (Wildman–Crippen MR) is 84.9 cm³/mol. The minimum absolute atomic E-state index is 0.234. The van der Waals surface area contributed by atoms with Gasteiger partial charge in [-0.25, -0.2) is 4.98 Å². The Kier molecular flexibility index (Phi) is 5.03. The number of nitrogens with zero attached hydrogens (tertiary/aromatic N) is 5. The van der Waals surface area contributed by atoms with Gasteiger partial charge in [0.15, 0.2) is 0 Å². The summed E-state index contributed by atoms with van der Waals surface area (Å²) in [4.78, 5) is 10.0. The molecule has 1 aromatic carbocycles. The van der Waals surface area contributed by atoms with Crippen molar-refractivity contribution in [2.75, 3.05) is 14.2 Å². The number of halogens is 2. The maximum atomic E-state index is 12.8. The fourth-order valence-corrected chi connectivity index (χ4v) is 2.35. The number of rotatable bonds is 7. The van der Waals surface area contributed by atoms with Crippen LogP contribution in [0.2, 0.25) is 0 Å². The second-order valence-electron chi connectivity index (χ2n) is 5.44. The molecule has 0 spiro atoms. The monoisotopic (exact) mass is 349 g/mol. The predicted octanol–water partition coefficient (Wildman–Crippen LogP) is 2.97. The van der Waals surface area contributed by atoms with Crippen LogP contribution in [0.4, 0.5) is 8.78 Å². The first-order chi connectivity index (χ1) is 12.1. The van der Waals surface area contributed by atoms with E-state index in [9.17, 15) is 8.78 Å². The Hall–Kier alpha value is -2.81. The number of imidazole rings is 1. The first-order valence-corrected chi connectivity index (χ1v) is 7.52. The zero-order valence-corrected chi connectivity index (χ0v) is 13.8. The van der Waals surface area contributed by atoms with Gasteiger partial charge < -0.3 is 9.26 Å². The summed E-state index contributed by atoms with van der Waals surface area (Å²) >= 11 is 0. The molecular weight excluding hydrogens is 332 g/mol. The van der Waals surface area contributed by atoms with Gasteiger partial charge in [0.2, 0.25) is 11.7 Å². The van der Waals surface area contributed by atoms with E-state index in [4.69, 9.17) is 9.26 Å². The van der Waals surface area contributed by atoms with Gasteiger partial charge in [-0.2, -0.15) is 13.8 Å². The number of hydrogen-bond acceptors (Lipinski definition) is 6. The van der Waals surface area contributed by atoms with E-state index in [1.165, 1.54) is 12.4 Å². The van der Waals surface area contributed by atoms with E-state index >= 15 is 0 Å². The fraction of sp³-hybridized carbons (Fsp3) is 0.312. The van der Waals surface area contributed by atoms with Gasteiger partial charge >= 0.3 is 6.55 Å². The lowest BCUT2D eigenvalue weighted by Gasteiger charge is -2.14. The van der Waals surface area contributed by atoms with Crippen LogP contribution in [0.5, 0.6) is 5.75 Å². The molecule has 3 rings (SSSR count). The summed E-state index contributed by atoms with van der Waals surface area (Å²) in [6.45, 7) is -2.06. The molecule has 2 aromatic heterocycles. The lowest BCUT2D eigenvalue weighted by Crippen LogP contribution is -2.20. The van der Waals surface area contributed by atoms with E-state index in [2.05, 4.69) is 15.1 Å². The fourth-order valence-electron chi connectivity index (χ4n) is 2.35. The highest BCUT2D eigenvalue weighted by Gasteiger charge is 2.15. The van der Waals surface area contributed by atoms with Crippen LogP contribution in [0.25, 0.3) is 11.4 Å². The van der Waals surface area contributed by atoms with Gasteiger partial charge in [-0.05, 0) is 31.3 Å². The summed E-state index contributed by atoms with van der Waals surface area (Å²) in [5, 5.41) is 3.94. The van der Waals surface area contributed by atoms with E-state index in [0.717, 1.165) is 15.9 Å². The molecule has 0 saturated heterocycles. The summed E-state index contributed by atoms with van der Waals surface area (Å²) in [6.07, 6.45) is 2.60. The van der Waals surface area contributed by atoms with E-state index in [-0.39, 0.29) is 12.4 Å². The first-order valence-electron chi connectivity index (χ1n) is 7.52. The van der Waals surface area contributed by atoms with Crippen LogP contribution in [0.1, 0.15) is 18.3 Å². The SMILES string of the molecule is COc1ccc(-c2noc(CN(C)Cc3nccn3C(F)F)n2)cc1. The Morgan fingerprint density at radius 2 is 2.00 bits per heavy atom. The van der Waals surface area contributed by atoms with Gasteiger partial charge in [-0.1, -0.05) is 5.16 Å². The van der Waals surface area contributed by atoms with Gasteiger partial charge in [0, 0.05) is 18.0 Å². The normalized spacial score (nSPS) is 11.4. The molecule has 0 aliphatic carbocycles. The molecule has 132 valence electrons. The summed E-state index contributed by atoms with van der Waals surface area (Å²) in [5.41, 5.74) is 0.798. The lowest BCUT2D eigenvalue weighted by molar-refractivity contribution is 0.0642. The average Bonchev–Trinajstić information content (AvgIpc) is 3.24. The third-order valence-electron chi connectivity index (χ3n) is 3.59. The van der Waals surface area contributed by atoms with Crippen molar-refractivity contribution in [1.82, 2.24) is 24.6 Å². The molecule has 0 fully saturated rings. The van der Waals surface area contributed by atoms with Crippen molar-refractivity contribution in [1.29, 1.82) is 0 Å². The lowest BCUT2D eigenvalue weighted by atomic mass is 10.2. The number of ether oxygens (including phenoxy) is 1. The van der Waals surface area contributed by atoms with Gasteiger partial charge in [0.25, 0.3) is 0 Å². The molecule has 0 bridgehead atoms. The number of alkyl halides is 2. The molecule has 0 atom stereocenters. The molecular formula is C16H17F2N5O2. The largest absolute Gasteiger partial charge is 0.497 e. The number of methoxy groups -OCH3 is 1. The molecule has 0 aliphatic heterocycles. The molecule has 25 heavy (non-hydrogen) atoms. The van der Waals surface area contributed by atoms with Crippen LogP contribution < -0.4 is 4.74 Å². The maximum Gasteiger partial charge on any atom is 0.319 e. The van der Waals surface area contributed by atoms with Crippen LogP contribution in [0, 0.1) is 0 Å². The van der Waals surface area contributed by atoms with Crippen LogP contribution in [-0.4, -0.2) is 38.7 Å². The van der Waals surface area contributed by atoms with Crippen molar-refractivity contribution in [2.24, 2.45) is 0 Å². The Morgan fingerprint density at radius 3 is 2.68 bits per heavy atom. The van der Waals surface area contributed by atoms with Crippen molar-refractivity contribution in [3.8, 4) is 17.1 Å². The zero-order chi connectivity index (χ0) is 17.8. The molecule has 2 heterocycles. The Bertz CT molecular complexity index is 816. The van der Waals surface area contributed by atoms with Crippen molar-refractivity contribution in [2.45, 2.75) is 19.6 Å². The van der Waals surface area contributed by atoms with E-state index in [1.807, 2.05) is 24.3 Å². The summed E-state index contributed by atoms with van der Waals surface area (Å²) < 4.78 is 36.8. The zero-order valence-electron chi connectivity index (χ0n) is 13.8.